The van der Waals surface area contributed by atoms with Crippen molar-refractivity contribution >= 4 is 16.4 Å². The fourth-order valence-electron chi connectivity index (χ4n) is 5.39. The summed E-state index contributed by atoms with van der Waals surface area (Å²) in [6, 6.07) is 0. The molecule has 6 unspecified atom stereocenters. The van der Waals surface area contributed by atoms with Crippen LogP contribution in [0.5, 0.6) is 0 Å². The number of carbonyl (C=O) groups is 1. The number of hydrogen-bond donors (Lipinski definition) is 1. The van der Waals surface area contributed by atoms with Crippen LogP contribution < -0.4 is 0 Å². The van der Waals surface area contributed by atoms with Crippen molar-refractivity contribution in [1.29, 1.82) is 0 Å². The first kappa shape index (κ1) is 19.9. The Balaban J connectivity index is 1.74. The number of alkyl halides is 5. The van der Waals surface area contributed by atoms with Crippen LogP contribution in [0.3, 0.4) is 0 Å². The Labute approximate surface area is 147 Å². The maximum atomic E-state index is 13.6. The zero-order valence-electron chi connectivity index (χ0n) is 13.6. The monoisotopic (exact) mass is 406 g/mol. The second kappa shape index (κ2) is 6.10. The van der Waals surface area contributed by atoms with Gasteiger partial charge in [-0.25, -0.2) is 0 Å². The molecule has 0 bridgehead atoms. The quantitative estimate of drug-likeness (QED) is 0.399. The fraction of sp³-hybridized carbons (Fsp3) is 0.933. The van der Waals surface area contributed by atoms with E-state index in [0.717, 1.165) is 25.7 Å². The molecule has 1 spiro atoms. The Hall–Kier alpha value is -0.810. The second-order valence-corrected chi connectivity index (χ2v) is 9.07. The fourth-order valence-corrected chi connectivity index (χ4v) is 5.85. The van der Waals surface area contributed by atoms with Gasteiger partial charge in [0.2, 0.25) is 6.10 Å². The molecule has 0 aromatic rings. The number of hydrogen-bond acceptors (Lipinski definition) is 4. The standard InChI is InChI=1S/C15H19F5O5S/c16-14(17,18)12(15(19,20)26(22,23)24)25-11(7-21)6-10-5-9-4-8-2-1-3-13(8,9)10/h7-12H,1-6H2,(H,22,23,24). The van der Waals surface area contributed by atoms with Gasteiger partial charge < -0.3 is 9.53 Å². The molecule has 11 heteroatoms. The Morgan fingerprint density at radius 2 is 1.85 bits per heavy atom. The van der Waals surface area contributed by atoms with E-state index >= 15 is 0 Å². The highest BCUT2D eigenvalue weighted by atomic mass is 32.2. The molecule has 0 aromatic heterocycles. The maximum absolute atomic E-state index is 13.6. The molecule has 3 rings (SSSR count). The van der Waals surface area contributed by atoms with Crippen molar-refractivity contribution in [1.82, 2.24) is 0 Å². The molecule has 5 nitrogen and oxygen atoms in total. The van der Waals surface area contributed by atoms with Crippen LogP contribution in [0.1, 0.15) is 38.5 Å². The largest absolute Gasteiger partial charge is 0.421 e. The highest BCUT2D eigenvalue weighted by Gasteiger charge is 2.68. The van der Waals surface area contributed by atoms with Crippen LogP contribution in [0.4, 0.5) is 22.0 Å². The zero-order valence-corrected chi connectivity index (χ0v) is 14.4. The molecule has 26 heavy (non-hydrogen) atoms. The molecule has 1 N–H and O–H groups in total. The molecular formula is C15H19F5O5S. The van der Waals surface area contributed by atoms with Gasteiger partial charge in [-0.1, -0.05) is 6.42 Å². The van der Waals surface area contributed by atoms with Gasteiger partial charge in [0.1, 0.15) is 12.4 Å². The van der Waals surface area contributed by atoms with Crippen molar-refractivity contribution in [2.45, 2.75) is 62.2 Å². The van der Waals surface area contributed by atoms with Crippen LogP contribution in [0.15, 0.2) is 0 Å². The van der Waals surface area contributed by atoms with E-state index in [1.54, 1.807) is 0 Å². The Kier molecular flexibility index (Phi) is 4.68. The Bertz CT molecular complexity index is 678. The van der Waals surface area contributed by atoms with Crippen LogP contribution in [-0.2, 0) is 19.6 Å². The predicted octanol–water partition coefficient (Wildman–Crippen LogP) is 3.20. The molecule has 0 heterocycles. The van der Waals surface area contributed by atoms with Gasteiger partial charge in [-0.2, -0.15) is 30.4 Å². The first-order valence-electron chi connectivity index (χ1n) is 8.36. The van der Waals surface area contributed by atoms with Gasteiger partial charge in [0, 0.05) is 0 Å². The van der Waals surface area contributed by atoms with E-state index in [0.29, 0.717) is 18.3 Å². The molecule has 0 aliphatic heterocycles. The number of carbonyl (C=O) groups excluding carboxylic acids is 1. The van der Waals surface area contributed by atoms with Crippen molar-refractivity contribution in [3.63, 3.8) is 0 Å². The van der Waals surface area contributed by atoms with Gasteiger partial charge >= 0.3 is 21.5 Å². The van der Waals surface area contributed by atoms with E-state index < -0.39 is 33.8 Å². The third-order valence-corrected chi connectivity index (χ3v) is 7.41. The van der Waals surface area contributed by atoms with Gasteiger partial charge in [0.05, 0.1) is 0 Å². The first-order valence-corrected chi connectivity index (χ1v) is 9.80. The van der Waals surface area contributed by atoms with Gasteiger partial charge in [0.25, 0.3) is 0 Å². The highest BCUT2D eigenvalue weighted by molar-refractivity contribution is 7.86. The van der Waals surface area contributed by atoms with E-state index in [1.165, 1.54) is 0 Å². The molecular weight excluding hydrogens is 387 g/mol. The van der Waals surface area contributed by atoms with Crippen molar-refractivity contribution in [3.8, 4) is 0 Å². The third-order valence-electron chi connectivity index (χ3n) is 6.51. The zero-order chi connectivity index (χ0) is 19.5. The number of aldehydes is 1. The van der Waals surface area contributed by atoms with Crippen LogP contribution in [0.2, 0.25) is 0 Å². The molecule has 3 saturated carbocycles. The van der Waals surface area contributed by atoms with Crippen molar-refractivity contribution < 1.29 is 44.5 Å². The number of rotatable bonds is 7. The summed E-state index contributed by atoms with van der Waals surface area (Å²) >= 11 is 0. The molecule has 0 radical (unpaired) electrons. The summed E-state index contributed by atoms with van der Waals surface area (Å²) in [4.78, 5) is 11.2. The summed E-state index contributed by atoms with van der Waals surface area (Å²) in [5.74, 6) is 0.818. The van der Waals surface area contributed by atoms with Crippen LogP contribution >= 0.6 is 0 Å². The molecule has 3 aliphatic carbocycles. The van der Waals surface area contributed by atoms with E-state index in [-0.39, 0.29) is 24.0 Å². The molecule has 6 atom stereocenters. The topological polar surface area (TPSA) is 80.7 Å². The molecule has 0 aromatic carbocycles. The van der Waals surface area contributed by atoms with Crippen molar-refractivity contribution in [3.05, 3.63) is 0 Å². The second-order valence-electron chi connectivity index (χ2n) is 7.57. The van der Waals surface area contributed by atoms with Gasteiger partial charge in [0.15, 0.2) is 0 Å². The average Bonchev–Trinajstić information content (AvgIpc) is 2.88. The van der Waals surface area contributed by atoms with Crippen LogP contribution in [0, 0.1) is 23.2 Å². The van der Waals surface area contributed by atoms with Crippen molar-refractivity contribution in [2.24, 2.45) is 23.2 Å². The lowest BCUT2D eigenvalue weighted by Crippen LogP contribution is -2.61. The van der Waals surface area contributed by atoms with E-state index in [9.17, 15) is 35.2 Å². The summed E-state index contributed by atoms with van der Waals surface area (Å²) in [5.41, 5.74) is -0.0239. The lowest BCUT2D eigenvalue weighted by atomic mass is 9.38. The maximum Gasteiger partial charge on any atom is 0.421 e. The van der Waals surface area contributed by atoms with Gasteiger partial charge in [-0.05, 0) is 55.3 Å². The summed E-state index contributed by atoms with van der Waals surface area (Å²) in [7, 11) is -6.38. The van der Waals surface area contributed by atoms with E-state index in [2.05, 4.69) is 4.74 Å². The van der Waals surface area contributed by atoms with E-state index in [1.807, 2.05) is 0 Å². The number of ether oxygens (including phenoxy) is 1. The third kappa shape index (κ3) is 2.86. The summed E-state index contributed by atoms with van der Waals surface area (Å²) in [5, 5.41) is -5.61. The van der Waals surface area contributed by atoms with Gasteiger partial charge in [-0.3, -0.25) is 4.55 Å². The minimum absolute atomic E-state index is 0.00853. The van der Waals surface area contributed by atoms with E-state index in [4.69, 9.17) is 4.55 Å². The normalized spacial score (nSPS) is 36.3. The molecule has 150 valence electrons. The SMILES string of the molecule is O=CC(CC1CC2CC3CCCC312)OC(C(F)(F)F)C(F)(F)S(=O)(=O)O. The Morgan fingerprint density at radius 3 is 2.31 bits per heavy atom. The molecule has 3 aliphatic rings. The molecule has 0 saturated heterocycles. The number of halogens is 5. The molecule has 0 amide bonds. The summed E-state index contributed by atoms with van der Waals surface area (Å²) in [6.45, 7) is 0. The first-order chi connectivity index (χ1) is 11.8. The molecule has 3 fully saturated rings. The lowest BCUT2D eigenvalue weighted by Gasteiger charge is -2.67. The highest BCUT2D eigenvalue weighted by Crippen LogP contribution is 2.75. The summed E-state index contributed by atoms with van der Waals surface area (Å²) < 4.78 is 100. The van der Waals surface area contributed by atoms with Gasteiger partial charge in [-0.15, -0.1) is 0 Å². The van der Waals surface area contributed by atoms with Crippen molar-refractivity contribution in [2.75, 3.05) is 0 Å². The predicted molar refractivity (Wildman–Crippen MR) is 77.9 cm³/mol. The average molecular weight is 406 g/mol. The minimum Gasteiger partial charge on any atom is -0.351 e. The minimum atomic E-state index is -6.38. The van der Waals surface area contributed by atoms with Crippen LogP contribution in [0.25, 0.3) is 0 Å². The summed E-state index contributed by atoms with van der Waals surface area (Å²) in [6.07, 6.45) is -7.22. The Morgan fingerprint density at radius 1 is 1.19 bits per heavy atom. The van der Waals surface area contributed by atoms with Crippen LogP contribution in [-0.4, -0.2) is 42.9 Å². The lowest BCUT2D eigenvalue weighted by molar-refractivity contribution is -0.277. The smallest absolute Gasteiger partial charge is 0.351 e.